The topological polar surface area (TPSA) is 0 Å². The second-order valence-corrected chi connectivity index (χ2v) is 7.90. The van der Waals surface area contributed by atoms with E-state index in [4.69, 9.17) is 0 Å². The highest BCUT2D eigenvalue weighted by Crippen LogP contribution is 2.74. The molecular weight excluding hydrogens is 140 g/mol. The molecule has 1 aliphatic rings. The van der Waals surface area contributed by atoms with E-state index in [0.717, 1.165) is 10.5 Å². The molecule has 0 saturated carbocycles. The normalized spacial score (nSPS) is 52.0. The summed E-state index contributed by atoms with van der Waals surface area (Å²) in [5, 5.41) is 2.16. The first-order chi connectivity index (χ1) is 4.69. The molecule has 0 N–H and O–H groups in total. The molecule has 0 aliphatic carbocycles. The molecule has 2 atom stereocenters. The van der Waals surface area contributed by atoms with Gasteiger partial charge in [-0.2, -0.15) is 0 Å². The number of rotatable bonds is 3. The van der Waals surface area contributed by atoms with Crippen molar-refractivity contribution in [1.82, 2.24) is 0 Å². The first kappa shape index (κ1) is 8.45. The molecule has 0 aromatic rings. The van der Waals surface area contributed by atoms with Crippen LogP contribution < -0.4 is 0 Å². The molecule has 0 spiro atoms. The summed E-state index contributed by atoms with van der Waals surface area (Å²) in [6.07, 6.45) is 1.40. The van der Waals surface area contributed by atoms with Crippen LogP contribution in [0.4, 0.5) is 0 Å². The Morgan fingerprint density at radius 2 is 1.60 bits per heavy atom. The van der Waals surface area contributed by atoms with Gasteiger partial charge in [-0.05, 0) is 28.4 Å². The van der Waals surface area contributed by atoms with Crippen LogP contribution in [0.3, 0.4) is 0 Å². The maximum absolute atomic E-state index is 2.44. The molecule has 0 amide bonds. The molecule has 1 heteroatoms. The van der Waals surface area contributed by atoms with Crippen molar-refractivity contribution in [3.05, 3.63) is 0 Å². The third-order valence-corrected chi connectivity index (χ3v) is 8.89. The monoisotopic (exact) mass is 160 g/mol. The van der Waals surface area contributed by atoms with Crippen LogP contribution in [0.2, 0.25) is 0 Å². The molecule has 2 unspecified atom stereocenters. The van der Waals surface area contributed by atoms with E-state index in [9.17, 15) is 0 Å². The Balaban J connectivity index is 2.48. The van der Waals surface area contributed by atoms with Crippen molar-refractivity contribution in [2.24, 2.45) is 0 Å². The van der Waals surface area contributed by atoms with Crippen LogP contribution in [-0.4, -0.2) is 22.0 Å². The summed E-state index contributed by atoms with van der Waals surface area (Å²) in [5.74, 6) is 3.01. The van der Waals surface area contributed by atoms with Gasteiger partial charge in [0.25, 0.3) is 0 Å². The minimum atomic E-state index is -0.0770. The predicted octanol–water partition coefficient (Wildman–Crippen LogP) is 3.01. The van der Waals surface area contributed by atoms with Crippen molar-refractivity contribution in [2.75, 3.05) is 11.5 Å². The van der Waals surface area contributed by atoms with E-state index in [1.165, 1.54) is 17.9 Å². The molecule has 1 fully saturated rings. The van der Waals surface area contributed by atoms with Gasteiger partial charge in [-0.1, -0.05) is 27.7 Å². The number of hydrogen-bond donors (Lipinski definition) is 0. The van der Waals surface area contributed by atoms with Crippen LogP contribution in [-0.2, 0) is 0 Å². The maximum atomic E-state index is 2.44. The average Bonchev–Trinajstić information content (AvgIpc) is 2.43. The van der Waals surface area contributed by atoms with Crippen molar-refractivity contribution >= 4 is 10.0 Å². The lowest BCUT2D eigenvalue weighted by molar-refractivity contribution is 1.05. The molecule has 0 nitrogen and oxygen atoms in total. The summed E-state index contributed by atoms with van der Waals surface area (Å²) < 4.78 is 0. The smallest absolute Gasteiger partial charge is 0.00352 e. The van der Waals surface area contributed by atoms with Crippen molar-refractivity contribution in [3.8, 4) is 0 Å². The molecule has 1 rings (SSSR count). The third kappa shape index (κ3) is 0.990. The fraction of sp³-hybridized carbons (Fsp3) is 1.00. The summed E-state index contributed by atoms with van der Waals surface area (Å²) in [4.78, 5) is 0. The second-order valence-electron chi connectivity index (χ2n) is 3.41. The molecule has 0 bridgehead atoms. The Kier molecular flexibility index (Phi) is 2.34. The van der Waals surface area contributed by atoms with Gasteiger partial charge in [0.05, 0.1) is 0 Å². The van der Waals surface area contributed by atoms with Gasteiger partial charge in [0.1, 0.15) is 0 Å². The predicted molar refractivity (Wildman–Crippen MR) is 52.2 cm³/mol. The van der Waals surface area contributed by atoms with Crippen molar-refractivity contribution < 1.29 is 0 Å². The average molecular weight is 160 g/mol. The SMILES string of the molecule is CCCS1(CC)C(C)C1C. The zero-order valence-corrected chi connectivity index (χ0v) is 8.50. The zero-order chi connectivity index (χ0) is 7.78. The van der Waals surface area contributed by atoms with Crippen molar-refractivity contribution in [1.29, 1.82) is 0 Å². The fourth-order valence-corrected chi connectivity index (χ4v) is 7.01. The quantitative estimate of drug-likeness (QED) is 0.557. The Bertz CT molecular complexity index is 112. The summed E-state index contributed by atoms with van der Waals surface area (Å²) in [6, 6.07) is 0. The molecule has 0 aromatic carbocycles. The highest BCUT2D eigenvalue weighted by molar-refractivity contribution is 8.40. The van der Waals surface area contributed by atoms with Gasteiger partial charge in [0.2, 0.25) is 0 Å². The minimum absolute atomic E-state index is 0.0770. The standard InChI is InChI=1S/C9H20S/c1-5-7-10(6-2)8(3)9(10)4/h8-9H,5-7H2,1-4H3. The van der Waals surface area contributed by atoms with Gasteiger partial charge in [-0.25, -0.2) is 10.0 Å². The van der Waals surface area contributed by atoms with E-state index in [-0.39, 0.29) is 10.0 Å². The van der Waals surface area contributed by atoms with E-state index in [1.54, 1.807) is 0 Å². The first-order valence-corrected chi connectivity index (χ1v) is 6.55. The van der Waals surface area contributed by atoms with Gasteiger partial charge >= 0.3 is 0 Å². The van der Waals surface area contributed by atoms with Crippen LogP contribution in [0.25, 0.3) is 0 Å². The number of hydrogen-bond acceptors (Lipinski definition) is 0. The summed E-state index contributed by atoms with van der Waals surface area (Å²) >= 11 is 0. The summed E-state index contributed by atoms with van der Waals surface area (Å²) in [7, 11) is -0.0770. The van der Waals surface area contributed by atoms with E-state index in [0.29, 0.717) is 0 Å². The molecule has 0 aromatic heterocycles. The van der Waals surface area contributed by atoms with E-state index in [2.05, 4.69) is 27.7 Å². The molecule has 1 aliphatic heterocycles. The lowest BCUT2D eigenvalue weighted by atomic mass is 10.4. The van der Waals surface area contributed by atoms with Crippen LogP contribution >= 0.6 is 10.0 Å². The van der Waals surface area contributed by atoms with Crippen LogP contribution in [0, 0.1) is 0 Å². The van der Waals surface area contributed by atoms with E-state index < -0.39 is 0 Å². The van der Waals surface area contributed by atoms with Gasteiger partial charge in [-0.3, -0.25) is 0 Å². The molecule has 0 radical (unpaired) electrons. The molecule has 1 heterocycles. The molecule has 10 heavy (non-hydrogen) atoms. The third-order valence-electron chi connectivity index (χ3n) is 3.19. The van der Waals surface area contributed by atoms with Crippen LogP contribution in [0.15, 0.2) is 0 Å². The lowest BCUT2D eigenvalue weighted by Gasteiger charge is -2.19. The first-order valence-electron chi connectivity index (χ1n) is 4.45. The fourth-order valence-electron chi connectivity index (χ4n) is 2.18. The molecular formula is C9H20S. The van der Waals surface area contributed by atoms with E-state index in [1.807, 2.05) is 0 Å². The molecule has 1 saturated heterocycles. The Morgan fingerprint density at radius 1 is 1.10 bits per heavy atom. The maximum Gasteiger partial charge on any atom is -0.00352 e. The van der Waals surface area contributed by atoms with Crippen molar-refractivity contribution in [3.63, 3.8) is 0 Å². The van der Waals surface area contributed by atoms with Gasteiger partial charge in [0, 0.05) is 0 Å². The highest BCUT2D eigenvalue weighted by Gasteiger charge is 2.51. The molecule has 62 valence electrons. The second kappa shape index (κ2) is 2.77. The lowest BCUT2D eigenvalue weighted by Crippen LogP contribution is -1.94. The Hall–Kier alpha value is 0.350. The Morgan fingerprint density at radius 3 is 1.70 bits per heavy atom. The Labute approximate surface area is 66.7 Å². The van der Waals surface area contributed by atoms with Gasteiger partial charge in [-0.15, -0.1) is 0 Å². The van der Waals surface area contributed by atoms with Crippen LogP contribution in [0.5, 0.6) is 0 Å². The van der Waals surface area contributed by atoms with Crippen molar-refractivity contribution in [2.45, 2.75) is 44.6 Å². The zero-order valence-electron chi connectivity index (χ0n) is 7.68. The summed E-state index contributed by atoms with van der Waals surface area (Å²) in [6.45, 7) is 9.59. The minimum Gasteiger partial charge on any atom is -0.234 e. The van der Waals surface area contributed by atoms with Crippen LogP contribution in [0.1, 0.15) is 34.1 Å². The highest BCUT2D eigenvalue weighted by atomic mass is 32.3. The largest absolute Gasteiger partial charge is 0.234 e. The van der Waals surface area contributed by atoms with E-state index >= 15 is 0 Å². The van der Waals surface area contributed by atoms with Gasteiger partial charge < -0.3 is 0 Å². The summed E-state index contributed by atoms with van der Waals surface area (Å²) in [5.41, 5.74) is 0. The van der Waals surface area contributed by atoms with Gasteiger partial charge in [0.15, 0.2) is 0 Å².